The second-order valence-corrected chi connectivity index (χ2v) is 2.94. The van der Waals surface area contributed by atoms with Gasteiger partial charge in [-0.1, -0.05) is 0 Å². The SMILES string of the molecule is CC(C)N1COCC1CO. The van der Waals surface area contributed by atoms with E-state index in [1.165, 1.54) is 0 Å². The van der Waals surface area contributed by atoms with Crippen LogP contribution in [0.3, 0.4) is 0 Å². The zero-order valence-corrected chi connectivity index (χ0v) is 6.58. The molecule has 1 fully saturated rings. The minimum atomic E-state index is 0.207. The van der Waals surface area contributed by atoms with Crippen molar-refractivity contribution in [1.82, 2.24) is 4.90 Å². The fraction of sp³-hybridized carbons (Fsp3) is 1.00. The molecule has 1 unspecified atom stereocenters. The summed E-state index contributed by atoms with van der Waals surface area (Å²) in [7, 11) is 0. The molecule has 0 aliphatic carbocycles. The summed E-state index contributed by atoms with van der Waals surface area (Å²) in [5, 5.41) is 8.86. The molecule has 0 aromatic carbocycles. The molecule has 0 bridgehead atoms. The van der Waals surface area contributed by atoms with E-state index in [0.29, 0.717) is 19.4 Å². The van der Waals surface area contributed by atoms with Crippen molar-refractivity contribution in [3.8, 4) is 0 Å². The van der Waals surface area contributed by atoms with Gasteiger partial charge < -0.3 is 9.84 Å². The third-order valence-electron chi connectivity index (χ3n) is 1.89. The van der Waals surface area contributed by atoms with Crippen molar-refractivity contribution in [2.24, 2.45) is 0 Å². The first-order chi connectivity index (χ1) is 4.75. The smallest absolute Gasteiger partial charge is 0.0997 e. The molecule has 0 spiro atoms. The summed E-state index contributed by atoms with van der Waals surface area (Å²) < 4.78 is 5.19. The molecule has 60 valence electrons. The van der Waals surface area contributed by atoms with Crippen LogP contribution in [0.4, 0.5) is 0 Å². The molecule has 3 heteroatoms. The van der Waals surface area contributed by atoms with Crippen LogP contribution in [0.2, 0.25) is 0 Å². The first-order valence-corrected chi connectivity index (χ1v) is 3.70. The topological polar surface area (TPSA) is 32.7 Å². The summed E-state index contributed by atoms with van der Waals surface area (Å²) in [5.41, 5.74) is 0. The third kappa shape index (κ3) is 1.48. The highest BCUT2D eigenvalue weighted by Crippen LogP contribution is 2.11. The van der Waals surface area contributed by atoms with Crippen LogP contribution in [0.15, 0.2) is 0 Å². The van der Waals surface area contributed by atoms with Gasteiger partial charge in [0.2, 0.25) is 0 Å². The van der Waals surface area contributed by atoms with Crippen LogP contribution in [0.25, 0.3) is 0 Å². The Kier molecular flexibility index (Phi) is 2.65. The van der Waals surface area contributed by atoms with E-state index in [1.807, 2.05) is 0 Å². The summed E-state index contributed by atoms with van der Waals surface area (Å²) in [6.45, 7) is 5.77. The van der Waals surface area contributed by atoms with Crippen LogP contribution < -0.4 is 0 Å². The van der Waals surface area contributed by atoms with E-state index in [9.17, 15) is 0 Å². The maximum absolute atomic E-state index is 8.86. The number of hydrogen-bond donors (Lipinski definition) is 1. The average molecular weight is 145 g/mol. The standard InChI is InChI=1S/C7H15NO2/c1-6(2)8-5-10-4-7(8)3-9/h6-7,9H,3-5H2,1-2H3. The Labute approximate surface area is 61.6 Å². The Morgan fingerprint density at radius 1 is 1.70 bits per heavy atom. The molecular formula is C7H15NO2. The van der Waals surface area contributed by atoms with Gasteiger partial charge in [0, 0.05) is 6.04 Å². The molecule has 1 rings (SSSR count). The van der Waals surface area contributed by atoms with Gasteiger partial charge in [-0.05, 0) is 13.8 Å². The quantitative estimate of drug-likeness (QED) is 0.595. The van der Waals surface area contributed by atoms with Gasteiger partial charge in [-0.25, -0.2) is 0 Å². The summed E-state index contributed by atoms with van der Waals surface area (Å²) in [6.07, 6.45) is 0. The van der Waals surface area contributed by atoms with Crippen molar-refractivity contribution in [3.05, 3.63) is 0 Å². The molecule has 1 N–H and O–H groups in total. The number of nitrogens with zero attached hydrogens (tertiary/aromatic N) is 1. The summed E-state index contributed by atoms with van der Waals surface area (Å²) in [4.78, 5) is 2.15. The highest BCUT2D eigenvalue weighted by Gasteiger charge is 2.25. The molecular weight excluding hydrogens is 130 g/mol. The molecule has 3 nitrogen and oxygen atoms in total. The van der Waals surface area contributed by atoms with Gasteiger partial charge in [-0.2, -0.15) is 0 Å². The monoisotopic (exact) mass is 145 g/mol. The first kappa shape index (κ1) is 7.98. The summed E-state index contributed by atoms with van der Waals surface area (Å²) in [6, 6.07) is 0.694. The number of aliphatic hydroxyl groups is 1. The summed E-state index contributed by atoms with van der Waals surface area (Å²) in [5.74, 6) is 0. The number of ether oxygens (including phenoxy) is 1. The van der Waals surface area contributed by atoms with Crippen molar-refractivity contribution in [2.45, 2.75) is 25.9 Å². The van der Waals surface area contributed by atoms with Gasteiger partial charge in [-0.3, -0.25) is 4.90 Å². The number of hydrogen-bond acceptors (Lipinski definition) is 3. The molecule has 1 aliphatic rings. The third-order valence-corrected chi connectivity index (χ3v) is 1.89. The largest absolute Gasteiger partial charge is 0.395 e. The molecule has 0 amide bonds. The molecule has 0 saturated carbocycles. The maximum atomic E-state index is 8.86. The second-order valence-electron chi connectivity index (χ2n) is 2.94. The molecule has 1 atom stereocenters. The molecule has 1 aliphatic heterocycles. The van der Waals surface area contributed by atoms with E-state index in [0.717, 1.165) is 0 Å². The van der Waals surface area contributed by atoms with Gasteiger partial charge in [0.05, 0.1) is 26.0 Å². The Bertz CT molecular complexity index is 106. The van der Waals surface area contributed by atoms with Crippen LogP contribution in [0, 0.1) is 0 Å². The Morgan fingerprint density at radius 2 is 2.40 bits per heavy atom. The lowest BCUT2D eigenvalue weighted by molar-refractivity contribution is 0.106. The van der Waals surface area contributed by atoms with E-state index < -0.39 is 0 Å². The molecule has 1 saturated heterocycles. The van der Waals surface area contributed by atoms with Gasteiger partial charge in [-0.15, -0.1) is 0 Å². The molecule has 0 radical (unpaired) electrons. The molecule has 0 aromatic rings. The number of aliphatic hydroxyl groups excluding tert-OH is 1. The van der Waals surface area contributed by atoms with E-state index in [-0.39, 0.29) is 12.6 Å². The average Bonchev–Trinajstić information content (AvgIpc) is 2.33. The fourth-order valence-electron chi connectivity index (χ4n) is 1.22. The minimum Gasteiger partial charge on any atom is -0.395 e. The highest BCUT2D eigenvalue weighted by molar-refractivity contribution is 4.75. The Balaban J connectivity index is 2.42. The lowest BCUT2D eigenvalue weighted by atomic mass is 10.2. The molecule has 1 heterocycles. The van der Waals surface area contributed by atoms with E-state index in [2.05, 4.69) is 18.7 Å². The van der Waals surface area contributed by atoms with Crippen molar-refractivity contribution < 1.29 is 9.84 Å². The predicted molar refractivity (Wildman–Crippen MR) is 38.7 cm³/mol. The van der Waals surface area contributed by atoms with Crippen LogP contribution in [-0.4, -0.2) is 42.0 Å². The lowest BCUT2D eigenvalue weighted by Crippen LogP contribution is -2.38. The lowest BCUT2D eigenvalue weighted by Gasteiger charge is -2.24. The van der Waals surface area contributed by atoms with Gasteiger partial charge in [0.15, 0.2) is 0 Å². The van der Waals surface area contributed by atoms with Crippen molar-refractivity contribution in [2.75, 3.05) is 19.9 Å². The minimum absolute atomic E-state index is 0.207. The second kappa shape index (κ2) is 3.32. The van der Waals surface area contributed by atoms with Crippen molar-refractivity contribution in [3.63, 3.8) is 0 Å². The van der Waals surface area contributed by atoms with Crippen LogP contribution >= 0.6 is 0 Å². The highest BCUT2D eigenvalue weighted by atomic mass is 16.5. The first-order valence-electron chi connectivity index (χ1n) is 3.70. The van der Waals surface area contributed by atoms with E-state index >= 15 is 0 Å². The van der Waals surface area contributed by atoms with Gasteiger partial charge in [0.1, 0.15) is 0 Å². The van der Waals surface area contributed by atoms with E-state index in [1.54, 1.807) is 0 Å². The Hall–Kier alpha value is -0.120. The predicted octanol–water partition coefficient (Wildman–Crippen LogP) is 0.0454. The van der Waals surface area contributed by atoms with Crippen molar-refractivity contribution >= 4 is 0 Å². The Morgan fingerprint density at radius 3 is 2.80 bits per heavy atom. The zero-order valence-electron chi connectivity index (χ0n) is 6.58. The van der Waals surface area contributed by atoms with E-state index in [4.69, 9.17) is 9.84 Å². The number of rotatable bonds is 2. The summed E-state index contributed by atoms with van der Waals surface area (Å²) >= 11 is 0. The van der Waals surface area contributed by atoms with Crippen LogP contribution in [-0.2, 0) is 4.74 Å². The van der Waals surface area contributed by atoms with Crippen LogP contribution in [0.1, 0.15) is 13.8 Å². The van der Waals surface area contributed by atoms with Crippen molar-refractivity contribution in [1.29, 1.82) is 0 Å². The van der Waals surface area contributed by atoms with Gasteiger partial charge >= 0.3 is 0 Å². The zero-order chi connectivity index (χ0) is 7.56. The normalized spacial score (nSPS) is 28.2. The molecule has 10 heavy (non-hydrogen) atoms. The molecule has 0 aromatic heterocycles. The van der Waals surface area contributed by atoms with Gasteiger partial charge in [0.25, 0.3) is 0 Å². The fourth-order valence-corrected chi connectivity index (χ4v) is 1.22. The van der Waals surface area contributed by atoms with Crippen LogP contribution in [0.5, 0.6) is 0 Å². The maximum Gasteiger partial charge on any atom is 0.0997 e.